The maximum Gasteiger partial charge on any atom is 0.417 e. The van der Waals surface area contributed by atoms with E-state index in [0.29, 0.717) is 41.9 Å². The fourth-order valence-electron chi connectivity index (χ4n) is 4.59. The number of carbonyl (C=O) groups excluding carboxylic acids is 1. The van der Waals surface area contributed by atoms with Crippen LogP contribution in [-0.2, 0) is 6.18 Å². The third kappa shape index (κ3) is 4.36. The lowest BCUT2D eigenvalue weighted by molar-refractivity contribution is -0.138. The van der Waals surface area contributed by atoms with Crippen molar-refractivity contribution >= 4 is 17.4 Å². The molecule has 9 heteroatoms. The van der Waals surface area contributed by atoms with Crippen LogP contribution in [0.1, 0.15) is 28.4 Å². The summed E-state index contributed by atoms with van der Waals surface area (Å²) < 4.78 is 52.1. The maximum atomic E-state index is 13.5. The Labute approximate surface area is 206 Å². The molecule has 186 valence electrons. The van der Waals surface area contributed by atoms with Crippen LogP contribution in [-0.4, -0.2) is 54.3 Å². The first-order chi connectivity index (χ1) is 17.3. The Morgan fingerprint density at radius 3 is 2.53 bits per heavy atom. The topological polar surface area (TPSA) is 54.4 Å². The van der Waals surface area contributed by atoms with E-state index in [9.17, 15) is 18.0 Å². The van der Waals surface area contributed by atoms with E-state index in [2.05, 4.69) is 0 Å². The van der Waals surface area contributed by atoms with Crippen molar-refractivity contribution in [1.29, 1.82) is 0 Å². The SMILES string of the molecule is COc1ccc2c(c1)Oc1ccccc1N=C2N1CCN(C(=O)c2ccccc2C(F)(F)F)C(C)C1. The van der Waals surface area contributed by atoms with E-state index >= 15 is 0 Å². The average molecular weight is 496 g/mol. The third-order valence-electron chi connectivity index (χ3n) is 6.39. The number of hydrogen-bond acceptors (Lipinski definition) is 5. The molecule has 0 radical (unpaired) electrons. The second-order valence-electron chi connectivity index (χ2n) is 8.70. The van der Waals surface area contributed by atoms with E-state index in [-0.39, 0.29) is 18.2 Å². The molecular weight excluding hydrogens is 471 g/mol. The molecule has 0 saturated carbocycles. The number of alkyl halides is 3. The average Bonchev–Trinajstić information content (AvgIpc) is 3.04. The molecule has 1 amide bonds. The van der Waals surface area contributed by atoms with E-state index in [0.717, 1.165) is 11.6 Å². The number of ether oxygens (including phenoxy) is 2. The van der Waals surface area contributed by atoms with Gasteiger partial charge in [0.25, 0.3) is 5.91 Å². The molecule has 2 heterocycles. The van der Waals surface area contributed by atoms with Gasteiger partial charge in [0.2, 0.25) is 0 Å². The number of para-hydroxylation sites is 2. The number of nitrogens with zero attached hydrogens (tertiary/aromatic N) is 3. The summed E-state index contributed by atoms with van der Waals surface area (Å²) in [6.45, 7) is 2.87. The van der Waals surface area contributed by atoms with Crippen LogP contribution in [0.4, 0.5) is 18.9 Å². The van der Waals surface area contributed by atoms with E-state index in [1.807, 2.05) is 48.2 Å². The standard InChI is InChI=1S/C27H24F3N3O3/c1-17-16-32(13-14-33(17)26(34)19-7-3-4-8-21(19)27(28,29)30)25-20-12-11-18(35-2)15-24(20)36-23-10-6-5-9-22(23)31-25/h3-12,15,17H,13-14,16H2,1-2H3. The lowest BCUT2D eigenvalue weighted by Crippen LogP contribution is -2.55. The zero-order valence-corrected chi connectivity index (χ0v) is 19.7. The summed E-state index contributed by atoms with van der Waals surface area (Å²) in [5, 5.41) is 0. The fraction of sp³-hybridized carbons (Fsp3) is 0.259. The Morgan fingerprint density at radius 1 is 1.03 bits per heavy atom. The van der Waals surface area contributed by atoms with Crippen molar-refractivity contribution in [3.05, 3.63) is 83.4 Å². The molecule has 1 fully saturated rings. The number of piperazine rings is 1. The van der Waals surface area contributed by atoms with Crippen LogP contribution in [0.5, 0.6) is 17.2 Å². The van der Waals surface area contributed by atoms with Gasteiger partial charge in [0.05, 0.1) is 23.8 Å². The molecule has 0 N–H and O–H groups in total. The van der Waals surface area contributed by atoms with Crippen molar-refractivity contribution in [3.63, 3.8) is 0 Å². The second kappa shape index (κ2) is 9.22. The minimum absolute atomic E-state index is 0.249. The highest BCUT2D eigenvalue weighted by Gasteiger charge is 2.38. The molecule has 0 spiro atoms. The van der Waals surface area contributed by atoms with Gasteiger partial charge < -0.3 is 19.3 Å². The molecule has 0 bridgehead atoms. The summed E-state index contributed by atoms with van der Waals surface area (Å²) in [4.78, 5) is 21.6. The molecule has 0 aromatic heterocycles. The number of carbonyl (C=O) groups is 1. The van der Waals surface area contributed by atoms with Gasteiger partial charge in [-0.25, -0.2) is 4.99 Å². The number of rotatable bonds is 2. The smallest absolute Gasteiger partial charge is 0.417 e. The zero-order chi connectivity index (χ0) is 25.4. The van der Waals surface area contributed by atoms with Crippen molar-refractivity contribution in [1.82, 2.24) is 9.80 Å². The highest BCUT2D eigenvalue weighted by atomic mass is 19.4. The number of hydrogen-bond donors (Lipinski definition) is 0. The molecular formula is C27H24F3N3O3. The Balaban J connectivity index is 1.45. The summed E-state index contributed by atoms with van der Waals surface area (Å²) >= 11 is 0. The predicted octanol–water partition coefficient (Wildman–Crippen LogP) is 5.74. The third-order valence-corrected chi connectivity index (χ3v) is 6.39. The molecule has 1 saturated heterocycles. The first kappa shape index (κ1) is 23.7. The first-order valence-electron chi connectivity index (χ1n) is 11.5. The molecule has 2 aliphatic rings. The number of methoxy groups -OCH3 is 1. The first-order valence-corrected chi connectivity index (χ1v) is 11.5. The van der Waals surface area contributed by atoms with Crippen LogP contribution in [0.3, 0.4) is 0 Å². The van der Waals surface area contributed by atoms with Gasteiger partial charge in [0.1, 0.15) is 23.0 Å². The zero-order valence-electron chi connectivity index (χ0n) is 19.7. The normalized spacial score (nSPS) is 17.4. The van der Waals surface area contributed by atoms with Gasteiger partial charge in [-0.1, -0.05) is 24.3 Å². The van der Waals surface area contributed by atoms with Crippen molar-refractivity contribution in [2.24, 2.45) is 4.99 Å². The Hall–Kier alpha value is -4.01. The predicted molar refractivity (Wildman–Crippen MR) is 129 cm³/mol. The molecule has 1 atom stereocenters. The van der Waals surface area contributed by atoms with Gasteiger partial charge in [-0.05, 0) is 43.3 Å². The van der Waals surface area contributed by atoms with Crippen LogP contribution in [0, 0.1) is 0 Å². The van der Waals surface area contributed by atoms with E-state index in [1.54, 1.807) is 13.2 Å². The minimum atomic E-state index is -4.61. The Kier molecular flexibility index (Phi) is 6.07. The number of aliphatic imine (C=N–C) groups is 1. The number of fused-ring (bicyclic) bond motifs is 2. The summed E-state index contributed by atoms with van der Waals surface area (Å²) in [5.41, 5.74) is 0.167. The van der Waals surface area contributed by atoms with Crippen molar-refractivity contribution in [3.8, 4) is 17.2 Å². The van der Waals surface area contributed by atoms with Crippen LogP contribution in [0.2, 0.25) is 0 Å². The number of amides is 1. The molecule has 5 rings (SSSR count). The molecule has 6 nitrogen and oxygen atoms in total. The van der Waals surface area contributed by atoms with Crippen molar-refractivity contribution in [2.75, 3.05) is 26.7 Å². The quantitative estimate of drug-likeness (QED) is 0.455. The van der Waals surface area contributed by atoms with Gasteiger partial charge in [-0.3, -0.25) is 4.79 Å². The van der Waals surface area contributed by atoms with E-state index in [4.69, 9.17) is 14.5 Å². The van der Waals surface area contributed by atoms with Crippen LogP contribution in [0.25, 0.3) is 0 Å². The number of amidine groups is 1. The minimum Gasteiger partial charge on any atom is -0.497 e. The van der Waals surface area contributed by atoms with Gasteiger partial charge in [-0.15, -0.1) is 0 Å². The molecule has 36 heavy (non-hydrogen) atoms. The molecule has 3 aromatic rings. The molecule has 3 aromatic carbocycles. The maximum absolute atomic E-state index is 13.5. The lowest BCUT2D eigenvalue weighted by atomic mass is 10.0. The Morgan fingerprint density at radius 2 is 1.78 bits per heavy atom. The second-order valence-corrected chi connectivity index (χ2v) is 8.70. The summed E-state index contributed by atoms with van der Waals surface area (Å²) in [6.07, 6.45) is -4.61. The van der Waals surface area contributed by atoms with Crippen LogP contribution < -0.4 is 9.47 Å². The van der Waals surface area contributed by atoms with Gasteiger partial charge in [-0.2, -0.15) is 13.2 Å². The largest absolute Gasteiger partial charge is 0.497 e. The summed E-state index contributed by atoms with van der Waals surface area (Å²) in [7, 11) is 1.58. The van der Waals surface area contributed by atoms with Crippen LogP contribution >= 0.6 is 0 Å². The highest BCUT2D eigenvalue weighted by Crippen LogP contribution is 2.40. The molecule has 0 aliphatic carbocycles. The van der Waals surface area contributed by atoms with Crippen molar-refractivity contribution in [2.45, 2.75) is 19.1 Å². The van der Waals surface area contributed by atoms with E-state index in [1.165, 1.54) is 23.1 Å². The number of halogens is 3. The summed E-state index contributed by atoms with van der Waals surface area (Å²) in [6, 6.07) is 17.5. The highest BCUT2D eigenvalue weighted by molar-refractivity contribution is 6.04. The monoisotopic (exact) mass is 495 g/mol. The van der Waals surface area contributed by atoms with Gasteiger partial charge >= 0.3 is 6.18 Å². The number of benzene rings is 3. The molecule has 1 unspecified atom stereocenters. The van der Waals surface area contributed by atoms with Crippen molar-refractivity contribution < 1.29 is 27.4 Å². The van der Waals surface area contributed by atoms with E-state index < -0.39 is 17.6 Å². The summed E-state index contributed by atoms with van der Waals surface area (Å²) in [5.74, 6) is 1.87. The lowest BCUT2D eigenvalue weighted by Gasteiger charge is -2.41. The Bertz CT molecular complexity index is 1340. The van der Waals surface area contributed by atoms with Gasteiger partial charge in [0, 0.05) is 31.7 Å². The fourth-order valence-corrected chi connectivity index (χ4v) is 4.59. The molecule has 2 aliphatic heterocycles. The van der Waals surface area contributed by atoms with Gasteiger partial charge in [0.15, 0.2) is 5.75 Å². The van der Waals surface area contributed by atoms with Crippen LogP contribution in [0.15, 0.2) is 71.7 Å².